The number of hydrogen-bond donors (Lipinski definition) is 0. The Kier molecular flexibility index (Phi) is 7.61. The fourth-order valence-corrected chi connectivity index (χ4v) is 21.4. The van der Waals surface area contributed by atoms with E-state index in [2.05, 4.69) is 76.7 Å². The largest absolute Gasteiger partial charge is 0.429 e. The second kappa shape index (κ2) is 9.21. The van der Waals surface area contributed by atoms with Crippen molar-refractivity contribution < 1.29 is 12.3 Å². The van der Waals surface area contributed by atoms with Gasteiger partial charge in [-0.2, -0.15) is 0 Å². The Bertz CT molecular complexity index is 757. The molecule has 2 unspecified atom stereocenters. The SMILES string of the molecule is C=C[Si](C)(O[Si](C)(C)O[Si](C)(C)O[Si](C)(C=C)c1ccccc1)c1ccccc1. The molecule has 0 aliphatic rings. The molecule has 2 aromatic carbocycles. The van der Waals surface area contributed by atoms with Crippen molar-refractivity contribution in [2.75, 3.05) is 0 Å². The summed E-state index contributed by atoms with van der Waals surface area (Å²) in [6, 6.07) is 20.7. The van der Waals surface area contributed by atoms with Crippen molar-refractivity contribution in [2.24, 2.45) is 0 Å². The average molecular weight is 459 g/mol. The summed E-state index contributed by atoms with van der Waals surface area (Å²) in [5, 5.41) is 2.41. The van der Waals surface area contributed by atoms with Crippen molar-refractivity contribution in [3.05, 3.63) is 85.2 Å². The van der Waals surface area contributed by atoms with Crippen LogP contribution in [0.4, 0.5) is 0 Å². The van der Waals surface area contributed by atoms with Gasteiger partial charge in [-0.3, -0.25) is 0 Å². The third-order valence-corrected chi connectivity index (χ3v) is 20.7. The van der Waals surface area contributed by atoms with Crippen LogP contribution in [0.15, 0.2) is 85.2 Å². The van der Waals surface area contributed by atoms with E-state index in [1.54, 1.807) is 0 Å². The van der Waals surface area contributed by atoms with Crippen molar-refractivity contribution >= 4 is 44.1 Å². The monoisotopic (exact) mass is 458 g/mol. The molecule has 0 fully saturated rings. The van der Waals surface area contributed by atoms with Gasteiger partial charge < -0.3 is 12.3 Å². The summed E-state index contributed by atoms with van der Waals surface area (Å²) in [5.74, 6) is 0. The van der Waals surface area contributed by atoms with Crippen LogP contribution in [0, 0.1) is 0 Å². The lowest BCUT2D eigenvalue weighted by Gasteiger charge is -2.41. The van der Waals surface area contributed by atoms with E-state index in [1.165, 1.54) is 10.4 Å². The normalized spacial score (nSPS) is 16.5. The molecule has 0 amide bonds. The summed E-state index contributed by atoms with van der Waals surface area (Å²) in [6.45, 7) is 20.9. The zero-order chi connectivity index (χ0) is 21.8. The molecule has 2 rings (SSSR count). The zero-order valence-electron chi connectivity index (χ0n) is 18.6. The van der Waals surface area contributed by atoms with Crippen LogP contribution in [0.5, 0.6) is 0 Å². The molecular formula is C22H34O3Si4. The number of benzene rings is 2. The summed E-state index contributed by atoms with van der Waals surface area (Å²) in [6.07, 6.45) is 0. The minimum Gasteiger partial charge on any atom is -0.429 e. The Morgan fingerprint density at radius 1 is 0.552 bits per heavy atom. The predicted octanol–water partition coefficient (Wildman–Crippen LogP) is 4.86. The summed E-state index contributed by atoms with van der Waals surface area (Å²) in [5.41, 5.74) is 3.98. The quantitative estimate of drug-likeness (QED) is 0.476. The van der Waals surface area contributed by atoms with Crippen LogP contribution in [0.25, 0.3) is 0 Å². The van der Waals surface area contributed by atoms with Gasteiger partial charge in [0, 0.05) is 0 Å². The summed E-state index contributed by atoms with van der Waals surface area (Å²) in [4.78, 5) is 0. The van der Waals surface area contributed by atoms with Crippen LogP contribution >= 0.6 is 0 Å². The third kappa shape index (κ3) is 6.32. The van der Waals surface area contributed by atoms with Gasteiger partial charge >= 0.3 is 17.1 Å². The molecule has 2 aromatic rings. The van der Waals surface area contributed by atoms with Crippen LogP contribution in [-0.2, 0) is 12.3 Å². The van der Waals surface area contributed by atoms with Gasteiger partial charge in [-0.1, -0.05) is 72.1 Å². The van der Waals surface area contributed by atoms with Crippen molar-refractivity contribution in [3.63, 3.8) is 0 Å². The van der Waals surface area contributed by atoms with Gasteiger partial charge in [0.2, 0.25) is 16.6 Å². The summed E-state index contributed by atoms with van der Waals surface area (Å²) < 4.78 is 20.1. The first-order valence-electron chi connectivity index (χ1n) is 9.94. The highest BCUT2D eigenvalue weighted by Crippen LogP contribution is 2.24. The van der Waals surface area contributed by atoms with Crippen LogP contribution in [0.2, 0.25) is 39.3 Å². The maximum Gasteiger partial charge on any atom is 0.313 e. The zero-order valence-corrected chi connectivity index (χ0v) is 22.6. The lowest BCUT2D eigenvalue weighted by atomic mass is 10.4. The second-order valence-electron chi connectivity index (χ2n) is 8.46. The topological polar surface area (TPSA) is 27.7 Å². The molecule has 0 N–H and O–H groups in total. The van der Waals surface area contributed by atoms with E-state index < -0.39 is 33.8 Å². The van der Waals surface area contributed by atoms with Gasteiger partial charge in [-0.25, -0.2) is 0 Å². The molecular weight excluding hydrogens is 425 g/mol. The number of rotatable bonds is 10. The van der Waals surface area contributed by atoms with E-state index in [4.69, 9.17) is 12.3 Å². The van der Waals surface area contributed by atoms with Crippen molar-refractivity contribution in [1.29, 1.82) is 0 Å². The van der Waals surface area contributed by atoms with Gasteiger partial charge in [0.05, 0.1) is 0 Å². The predicted molar refractivity (Wildman–Crippen MR) is 134 cm³/mol. The Hall–Kier alpha value is -1.33. The van der Waals surface area contributed by atoms with Crippen molar-refractivity contribution in [1.82, 2.24) is 0 Å². The molecule has 0 heterocycles. The summed E-state index contributed by atoms with van der Waals surface area (Å²) >= 11 is 0. The molecule has 0 saturated heterocycles. The van der Waals surface area contributed by atoms with Crippen LogP contribution in [-0.4, -0.2) is 33.8 Å². The fraction of sp³-hybridized carbons (Fsp3) is 0.273. The first kappa shape index (κ1) is 23.9. The van der Waals surface area contributed by atoms with E-state index in [9.17, 15) is 0 Å². The van der Waals surface area contributed by atoms with Gasteiger partial charge in [-0.15, -0.1) is 13.2 Å². The highest BCUT2D eigenvalue weighted by Gasteiger charge is 2.45. The van der Waals surface area contributed by atoms with Gasteiger partial charge in [0.1, 0.15) is 0 Å². The molecule has 0 aliphatic carbocycles. The lowest BCUT2D eigenvalue weighted by Crippen LogP contribution is -2.61. The average Bonchev–Trinajstić information content (AvgIpc) is 2.67. The van der Waals surface area contributed by atoms with Crippen LogP contribution < -0.4 is 10.4 Å². The molecule has 0 bridgehead atoms. The highest BCUT2D eigenvalue weighted by molar-refractivity contribution is 6.98. The van der Waals surface area contributed by atoms with Crippen molar-refractivity contribution in [3.8, 4) is 0 Å². The molecule has 0 aliphatic heterocycles. The minimum atomic E-state index is -2.48. The van der Waals surface area contributed by atoms with Crippen LogP contribution in [0.3, 0.4) is 0 Å². The minimum absolute atomic E-state index is 1.20. The highest BCUT2D eigenvalue weighted by atomic mass is 28.5. The molecule has 0 spiro atoms. The van der Waals surface area contributed by atoms with E-state index in [1.807, 2.05) is 47.8 Å². The maximum absolute atomic E-state index is 6.73. The standard InChI is InChI=1S/C22H34O3Si4/c1-9-28(7,21-17-13-11-14-18-21)24-26(3,4)23-27(5,6)25-29(8,10-2)22-19-15-12-16-20-22/h9-20H,1-2H2,3-8H3. The smallest absolute Gasteiger partial charge is 0.313 e. The molecule has 156 valence electrons. The van der Waals surface area contributed by atoms with E-state index in [0.29, 0.717) is 0 Å². The third-order valence-electron chi connectivity index (χ3n) is 4.88. The molecule has 0 saturated carbocycles. The second-order valence-corrected chi connectivity index (χ2v) is 22.9. The Balaban J connectivity index is 2.21. The Morgan fingerprint density at radius 2 is 0.862 bits per heavy atom. The molecule has 0 radical (unpaired) electrons. The number of hydrogen-bond acceptors (Lipinski definition) is 3. The first-order chi connectivity index (χ1) is 13.5. The molecule has 29 heavy (non-hydrogen) atoms. The van der Waals surface area contributed by atoms with E-state index in [0.717, 1.165) is 0 Å². The van der Waals surface area contributed by atoms with Gasteiger partial charge in [-0.05, 0) is 49.7 Å². The van der Waals surface area contributed by atoms with Crippen LogP contribution in [0.1, 0.15) is 0 Å². The molecule has 7 heteroatoms. The van der Waals surface area contributed by atoms with Gasteiger partial charge in [0.25, 0.3) is 0 Å². The Labute approximate surface area is 180 Å². The fourth-order valence-electron chi connectivity index (χ4n) is 3.63. The van der Waals surface area contributed by atoms with Crippen molar-refractivity contribution in [2.45, 2.75) is 39.3 Å². The maximum atomic E-state index is 6.73. The Morgan fingerprint density at radius 3 is 1.14 bits per heavy atom. The first-order valence-corrected chi connectivity index (χ1v) is 20.5. The lowest BCUT2D eigenvalue weighted by molar-refractivity contribution is 0.336. The summed E-state index contributed by atoms with van der Waals surface area (Å²) in [7, 11) is -9.57. The van der Waals surface area contributed by atoms with Gasteiger partial charge in [0.15, 0.2) is 0 Å². The molecule has 0 aromatic heterocycles. The van der Waals surface area contributed by atoms with E-state index >= 15 is 0 Å². The molecule has 3 nitrogen and oxygen atoms in total. The molecule has 2 atom stereocenters. The van der Waals surface area contributed by atoms with E-state index in [-0.39, 0.29) is 0 Å².